The summed E-state index contributed by atoms with van der Waals surface area (Å²) in [5.74, 6) is 1.41. The van der Waals surface area contributed by atoms with Crippen molar-refractivity contribution in [2.45, 2.75) is 77.4 Å². The van der Waals surface area contributed by atoms with Crippen LogP contribution in [0.4, 0.5) is 0 Å². The van der Waals surface area contributed by atoms with Crippen LogP contribution in [0.5, 0.6) is 0 Å². The van der Waals surface area contributed by atoms with Crippen molar-refractivity contribution >= 4 is 23.6 Å². The minimum absolute atomic E-state index is 0.0497. The third kappa shape index (κ3) is 6.59. The number of unbranched alkanes of at least 4 members (excludes halogenated alkanes) is 4. The first-order chi connectivity index (χ1) is 15.9. The fourth-order valence-electron chi connectivity index (χ4n) is 4.32. The highest BCUT2D eigenvalue weighted by Gasteiger charge is 2.29. The molecule has 0 aliphatic carbocycles. The van der Waals surface area contributed by atoms with E-state index in [1.165, 1.54) is 31.0 Å². The van der Waals surface area contributed by atoms with Crippen molar-refractivity contribution in [3.05, 3.63) is 35.7 Å². The van der Waals surface area contributed by atoms with Crippen LogP contribution in [0, 0.1) is 13.8 Å². The molecule has 1 saturated heterocycles. The SMILES string of the molecule is CCCCCCCC(=O)N1CCN(C(=O)CSc2nnc(C)n2-c2ccccc2C)CC1C. The first kappa shape index (κ1) is 25.3. The van der Waals surface area contributed by atoms with E-state index in [0.717, 1.165) is 35.1 Å². The molecule has 2 heterocycles. The lowest BCUT2D eigenvalue weighted by atomic mass is 10.1. The van der Waals surface area contributed by atoms with Gasteiger partial charge < -0.3 is 9.80 Å². The second-order valence-electron chi connectivity index (χ2n) is 8.88. The molecule has 0 N–H and O–H groups in total. The molecule has 2 amide bonds. The number of aromatic nitrogens is 3. The van der Waals surface area contributed by atoms with Crippen LogP contribution in [-0.4, -0.2) is 67.8 Å². The molecule has 1 atom stereocenters. The Morgan fingerprint density at radius 2 is 1.79 bits per heavy atom. The van der Waals surface area contributed by atoms with Gasteiger partial charge in [0.25, 0.3) is 0 Å². The molecule has 1 aliphatic heterocycles. The van der Waals surface area contributed by atoms with Crippen molar-refractivity contribution < 1.29 is 9.59 Å². The second-order valence-corrected chi connectivity index (χ2v) is 9.82. The van der Waals surface area contributed by atoms with Gasteiger partial charge in [-0.15, -0.1) is 10.2 Å². The lowest BCUT2D eigenvalue weighted by Crippen LogP contribution is -2.55. The third-order valence-corrected chi connectivity index (χ3v) is 7.18. The zero-order valence-electron chi connectivity index (χ0n) is 20.4. The maximum Gasteiger partial charge on any atom is 0.233 e. The van der Waals surface area contributed by atoms with E-state index in [1.807, 2.05) is 46.4 Å². The quantitative estimate of drug-likeness (QED) is 0.379. The highest BCUT2D eigenvalue weighted by atomic mass is 32.2. The van der Waals surface area contributed by atoms with Gasteiger partial charge >= 0.3 is 0 Å². The van der Waals surface area contributed by atoms with Crippen molar-refractivity contribution in [3.8, 4) is 5.69 Å². The summed E-state index contributed by atoms with van der Waals surface area (Å²) >= 11 is 1.42. The van der Waals surface area contributed by atoms with Gasteiger partial charge in [0.05, 0.1) is 11.4 Å². The predicted octanol–water partition coefficient (Wildman–Crippen LogP) is 4.40. The second kappa shape index (κ2) is 12.2. The summed E-state index contributed by atoms with van der Waals surface area (Å²) in [7, 11) is 0. The van der Waals surface area contributed by atoms with Crippen LogP contribution >= 0.6 is 11.8 Å². The number of amides is 2. The Labute approximate surface area is 201 Å². The van der Waals surface area contributed by atoms with Gasteiger partial charge in [-0.05, 0) is 38.8 Å². The van der Waals surface area contributed by atoms with Crippen LogP contribution in [0.3, 0.4) is 0 Å². The standard InChI is InChI=1S/C25H37N5O2S/c1-5-6-7-8-9-14-23(31)29-16-15-28(17-20(29)3)24(32)18-33-25-27-26-21(4)30(25)22-13-11-10-12-19(22)2/h10-13,20H,5-9,14-18H2,1-4H3. The van der Waals surface area contributed by atoms with Crippen LogP contribution in [0.2, 0.25) is 0 Å². The molecule has 2 aromatic rings. The molecular formula is C25H37N5O2S. The van der Waals surface area contributed by atoms with Crippen LogP contribution in [0.15, 0.2) is 29.4 Å². The Morgan fingerprint density at radius 3 is 2.52 bits per heavy atom. The molecule has 0 radical (unpaired) electrons. The lowest BCUT2D eigenvalue weighted by Gasteiger charge is -2.40. The largest absolute Gasteiger partial charge is 0.338 e. The van der Waals surface area contributed by atoms with Gasteiger partial charge in [0.1, 0.15) is 5.82 Å². The van der Waals surface area contributed by atoms with Gasteiger partial charge in [-0.1, -0.05) is 62.6 Å². The van der Waals surface area contributed by atoms with E-state index >= 15 is 0 Å². The first-order valence-corrected chi connectivity index (χ1v) is 13.1. The lowest BCUT2D eigenvalue weighted by molar-refractivity contribution is -0.141. The maximum atomic E-state index is 12.9. The number of aryl methyl sites for hydroxylation is 2. The molecule has 1 fully saturated rings. The van der Waals surface area contributed by atoms with E-state index in [4.69, 9.17) is 0 Å². The summed E-state index contributed by atoms with van der Waals surface area (Å²) in [5.41, 5.74) is 2.17. The zero-order chi connectivity index (χ0) is 23.8. The topological polar surface area (TPSA) is 71.3 Å². The molecule has 1 unspecified atom stereocenters. The van der Waals surface area contributed by atoms with E-state index in [1.54, 1.807) is 0 Å². The number of rotatable bonds is 10. The van der Waals surface area contributed by atoms with Crippen LogP contribution in [0.1, 0.15) is 63.8 Å². The maximum absolute atomic E-state index is 12.9. The van der Waals surface area contributed by atoms with Crippen LogP contribution in [0.25, 0.3) is 5.69 Å². The molecule has 0 bridgehead atoms. The highest BCUT2D eigenvalue weighted by Crippen LogP contribution is 2.24. The molecule has 180 valence electrons. The number of hydrogen-bond acceptors (Lipinski definition) is 5. The fraction of sp³-hybridized carbons (Fsp3) is 0.600. The highest BCUT2D eigenvalue weighted by molar-refractivity contribution is 7.99. The summed E-state index contributed by atoms with van der Waals surface area (Å²) in [5, 5.41) is 9.25. The van der Waals surface area contributed by atoms with Crippen molar-refractivity contribution in [3.63, 3.8) is 0 Å². The number of piperazine rings is 1. The zero-order valence-corrected chi connectivity index (χ0v) is 21.2. The number of para-hydroxylation sites is 1. The Morgan fingerprint density at radius 1 is 1.03 bits per heavy atom. The van der Waals surface area contributed by atoms with E-state index in [9.17, 15) is 9.59 Å². The first-order valence-electron chi connectivity index (χ1n) is 12.1. The molecule has 33 heavy (non-hydrogen) atoms. The molecule has 7 nitrogen and oxygen atoms in total. The van der Waals surface area contributed by atoms with E-state index < -0.39 is 0 Å². The molecule has 0 saturated carbocycles. The van der Waals surface area contributed by atoms with Gasteiger partial charge in [0.2, 0.25) is 11.8 Å². The van der Waals surface area contributed by atoms with E-state index in [0.29, 0.717) is 31.8 Å². The number of thioether (sulfide) groups is 1. The van der Waals surface area contributed by atoms with Crippen LogP contribution < -0.4 is 0 Å². The summed E-state index contributed by atoms with van der Waals surface area (Å²) in [6, 6.07) is 8.15. The molecule has 3 rings (SSSR count). The summed E-state index contributed by atoms with van der Waals surface area (Å²) < 4.78 is 2.01. The molecule has 8 heteroatoms. The molecule has 1 aliphatic rings. The van der Waals surface area contributed by atoms with Crippen LogP contribution in [-0.2, 0) is 9.59 Å². The smallest absolute Gasteiger partial charge is 0.233 e. The molecule has 1 aromatic heterocycles. The van der Waals surface area contributed by atoms with Crippen molar-refractivity contribution in [2.24, 2.45) is 0 Å². The predicted molar refractivity (Wildman–Crippen MR) is 133 cm³/mol. The Balaban J connectivity index is 1.51. The minimum Gasteiger partial charge on any atom is -0.338 e. The monoisotopic (exact) mass is 471 g/mol. The third-order valence-electron chi connectivity index (χ3n) is 6.27. The van der Waals surface area contributed by atoms with Gasteiger partial charge in [0.15, 0.2) is 5.16 Å². The van der Waals surface area contributed by atoms with E-state index in [2.05, 4.69) is 30.1 Å². The average molecular weight is 472 g/mol. The van der Waals surface area contributed by atoms with Gasteiger partial charge in [0, 0.05) is 32.1 Å². The Hall–Kier alpha value is -2.35. The number of carbonyl (C=O) groups excluding carboxylic acids is 2. The normalized spacial score (nSPS) is 16.3. The fourth-order valence-corrected chi connectivity index (χ4v) is 5.22. The van der Waals surface area contributed by atoms with Crippen molar-refractivity contribution in [1.29, 1.82) is 0 Å². The van der Waals surface area contributed by atoms with Gasteiger partial charge in [-0.25, -0.2) is 0 Å². The summed E-state index contributed by atoms with van der Waals surface area (Å²) in [6.45, 7) is 10.0. The molecule has 1 aromatic carbocycles. The van der Waals surface area contributed by atoms with Crippen molar-refractivity contribution in [2.75, 3.05) is 25.4 Å². The summed E-state index contributed by atoms with van der Waals surface area (Å²) in [6.07, 6.45) is 6.36. The van der Waals surface area contributed by atoms with Gasteiger partial charge in [-0.2, -0.15) is 0 Å². The Kier molecular flexibility index (Phi) is 9.35. The summed E-state index contributed by atoms with van der Waals surface area (Å²) in [4.78, 5) is 29.4. The number of benzene rings is 1. The average Bonchev–Trinajstić information content (AvgIpc) is 3.17. The molecule has 0 spiro atoms. The van der Waals surface area contributed by atoms with Crippen molar-refractivity contribution in [1.82, 2.24) is 24.6 Å². The number of nitrogens with zero attached hydrogens (tertiary/aromatic N) is 5. The number of hydrogen-bond donors (Lipinski definition) is 0. The Bertz CT molecular complexity index is 945. The molecular weight excluding hydrogens is 434 g/mol. The van der Waals surface area contributed by atoms with E-state index in [-0.39, 0.29) is 17.9 Å². The number of carbonyl (C=O) groups is 2. The minimum atomic E-state index is 0.0497. The van der Waals surface area contributed by atoms with Gasteiger partial charge in [-0.3, -0.25) is 14.2 Å².